The van der Waals surface area contributed by atoms with Crippen molar-refractivity contribution in [3.63, 3.8) is 0 Å². The van der Waals surface area contributed by atoms with Crippen molar-refractivity contribution in [2.45, 2.75) is 20.5 Å². The highest BCUT2D eigenvalue weighted by atomic mass is 79.9. The largest absolute Gasteiger partial charge is 0.495 e. The normalized spacial score (nSPS) is 10.4. The Bertz CT molecular complexity index is 743. The van der Waals surface area contributed by atoms with Crippen LogP contribution in [-0.4, -0.2) is 27.0 Å². The zero-order chi connectivity index (χ0) is 18.4. The highest BCUT2D eigenvalue weighted by Gasteiger charge is 2.25. The number of benzene rings is 2. The Morgan fingerprint density at radius 3 is 2.32 bits per heavy atom. The van der Waals surface area contributed by atoms with Gasteiger partial charge in [0.1, 0.15) is 23.7 Å². The predicted molar refractivity (Wildman–Crippen MR) is 98.2 cm³/mol. The third kappa shape index (κ3) is 4.32. The molecule has 0 atom stereocenters. The van der Waals surface area contributed by atoms with Gasteiger partial charge in [-0.15, -0.1) is 0 Å². The van der Waals surface area contributed by atoms with Gasteiger partial charge in [0.05, 0.1) is 11.6 Å². The molecule has 0 unspecified atom stereocenters. The molecule has 0 amide bonds. The highest BCUT2D eigenvalue weighted by molar-refractivity contribution is 9.10. The smallest absolute Gasteiger partial charge is 0.344 e. The van der Waals surface area contributed by atoms with E-state index in [0.717, 1.165) is 11.1 Å². The first-order valence-electron chi connectivity index (χ1n) is 7.70. The molecule has 0 radical (unpaired) electrons. The maximum atomic E-state index is 12.4. The van der Waals surface area contributed by atoms with E-state index in [1.54, 1.807) is 0 Å². The maximum Gasteiger partial charge on any atom is 0.344 e. The molecule has 25 heavy (non-hydrogen) atoms. The van der Waals surface area contributed by atoms with Crippen LogP contribution < -0.4 is 9.47 Å². The van der Waals surface area contributed by atoms with Crippen LogP contribution in [0.25, 0.3) is 0 Å². The summed E-state index contributed by atoms with van der Waals surface area (Å²) in [5, 5.41) is 0. The Balaban J connectivity index is 2.39. The van der Waals surface area contributed by atoms with E-state index in [2.05, 4.69) is 15.9 Å². The Morgan fingerprint density at radius 1 is 1.04 bits per heavy atom. The first kappa shape index (κ1) is 19.3. The molecular formula is C19H21BrO5. The molecule has 0 aliphatic rings. The van der Waals surface area contributed by atoms with E-state index in [1.165, 1.54) is 14.2 Å². The van der Waals surface area contributed by atoms with Gasteiger partial charge < -0.3 is 18.9 Å². The molecule has 0 N–H and O–H groups in total. The van der Waals surface area contributed by atoms with Crippen LogP contribution in [0.2, 0.25) is 0 Å². The molecule has 2 aromatic carbocycles. The summed E-state index contributed by atoms with van der Waals surface area (Å²) in [4.78, 5) is 12.4. The van der Waals surface area contributed by atoms with E-state index >= 15 is 0 Å². The van der Waals surface area contributed by atoms with Crippen molar-refractivity contribution in [2.75, 3.05) is 21.0 Å². The van der Waals surface area contributed by atoms with Crippen molar-refractivity contribution in [1.82, 2.24) is 0 Å². The lowest BCUT2D eigenvalue weighted by Crippen LogP contribution is -2.13. The van der Waals surface area contributed by atoms with E-state index in [-0.39, 0.29) is 6.79 Å². The van der Waals surface area contributed by atoms with Gasteiger partial charge >= 0.3 is 5.97 Å². The van der Waals surface area contributed by atoms with Crippen LogP contribution in [0.1, 0.15) is 27.0 Å². The Kier molecular flexibility index (Phi) is 6.84. The van der Waals surface area contributed by atoms with Gasteiger partial charge in [0, 0.05) is 12.7 Å². The summed E-state index contributed by atoms with van der Waals surface area (Å²) >= 11 is 3.54. The van der Waals surface area contributed by atoms with Gasteiger partial charge in [-0.2, -0.15) is 0 Å². The second kappa shape index (κ2) is 8.87. The summed E-state index contributed by atoms with van der Waals surface area (Å²) in [7, 11) is 2.98. The fourth-order valence-electron chi connectivity index (χ4n) is 2.49. The topological polar surface area (TPSA) is 54.0 Å². The standard InChI is InChI=1S/C19H21BrO5/c1-12-15(19(21)25-11-22-3)17(23-4)13(2)18(16(12)20)24-10-14-8-6-5-7-9-14/h5-9H,10-11H2,1-4H3. The van der Waals surface area contributed by atoms with Crippen LogP contribution in [0.3, 0.4) is 0 Å². The van der Waals surface area contributed by atoms with Gasteiger partial charge in [-0.05, 0) is 40.9 Å². The summed E-state index contributed by atoms with van der Waals surface area (Å²) < 4.78 is 22.0. The summed E-state index contributed by atoms with van der Waals surface area (Å²) in [5.74, 6) is 0.570. The van der Waals surface area contributed by atoms with Gasteiger partial charge in [-0.3, -0.25) is 0 Å². The van der Waals surface area contributed by atoms with Gasteiger partial charge in [-0.25, -0.2) is 4.79 Å². The number of hydrogen-bond donors (Lipinski definition) is 0. The minimum absolute atomic E-state index is 0.121. The first-order chi connectivity index (χ1) is 12.0. The third-order valence-electron chi connectivity index (χ3n) is 3.75. The second-order valence-corrected chi connectivity index (χ2v) is 6.21. The molecule has 0 bridgehead atoms. The predicted octanol–water partition coefficient (Wildman–Crippen LogP) is 4.41. The third-order valence-corrected chi connectivity index (χ3v) is 4.71. The molecule has 134 valence electrons. The number of carbonyl (C=O) groups is 1. The highest BCUT2D eigenvalue weighted by Crippen LogP contribution is 2.42. The minimum atomic E-state index is -0.505. The van der Waals surface area contributed by atoms with Crippen LogP contribution >= 0.6 is 15.9 Å². The van der Waals surface area contributed by atoms with Crippen molar-refractivity contribution in [3.05, 3.63) is 57.1 Å². The number of rotatable bonds is 7. The number of methoxy groups -OCH3 is 2. The Hall–Kier alpha value is -2.05. The van der Waals surface area contributed by atoms with Crippen molar-refractivity contribution >= 4 is 21.9 Å². The fourth-order valence-corrected chi connectivity index (χ4v) is 3.10. The summed E-state index contributed by atoms with van der Waals surface area (Å²) in [5.41, 5.74) is 2.82. The quantitative estimate of drug-likeness (QED) is 0.501. The molecule has 0 spiro atoms. The number of esters is 1. The molecule has 5 nitrogen and oxygen atoms in total. The van der Waals surface area contributed by atoms with Gasteiger partial charge in [-0.1, -0.05) is 30.3 Å². The molecule has 0 fully saturated rings. The number of halogens is 1. The van der Waals surface area contributed by atoms with E-state index in [4.69, 9.17) is 18.9 Å². The molecular weight excluding hydrogens is 388 g/mol. The van der Waals surface area contributed by atoms with E-state index in [9.17, 15) is 4.79 Å². The number of ether oxygens (including phenoxy) is 4. The fraction of sp³-hybridized carbons (Fsp3) is 0.316. The van der Waals surface area contributed by atoms with E-state index in [1.807, 2.05) is 44.2 Å². The second-order valence-electron chi connectivity index (χ2n) is 5.41. The van der Waals surface area contributed by atoms with Gasteiger partial charge in [0.25, 0.3) is 0 Å². The number of hydrogen-bond acceptors (Lipinski definition) is 5. The van der Waals surface area contributed by atoms with E-state index in [0.29, 0.717) is 33.7 Å². The first-order valence-corrected chi connectivity index (χ1v) is 8.50. The van der Waals surface area contributed by atoms with Crippen LogP contribution in [0.5, 0.6) is 11.5 Å². The lowest BCUT2D eigenvalue weighted by atomic mass is 10.0. The number of carbonyl (C=O) groups excluding carboxylic acids is 1. The van der Waals surface area contributed by atoms with Crippen LogP contribution in [0.4, 0.5) is 0 Å². The zero-order valence-electron chi connectivity index (χ0n) is 14.7. The molecule has 0 aromatic heterocycles. The zero-order valence-corrected chi connectivity index (χ0v) is 16.3. The Labute approximate surface area is 156 Å². The molecule has 0 aliphatic carbocycles. The van der Waals surface area contributed by atoms with Gasteiger partial charge in [0.15, 0.2) is 6.79 Å². The lowest BCUT2D eigenvalue weighted by Gasteiger charge is -2.20. The lowest BCUT2D eigenvalue weighted by molar-refractivity contribution is -0.0128. The van der Waals surface area contributed by atoms with Gasteiger partial charge in [0.2, 0.25) is 0 Å². The average Bonchev–Trinajstić information content (AvgIpc) is 2.63. The van der Waals surface area contributed by atoms with Crippen molar-refractivity contribution in [1.29, 1.82) is 0 Å². The SMILES string of the molecule is COCOC(=O)c1c(C)c(Br)c(OCc2ccccc2)c(C)c1OC. The molecule has 0 saturated carbocycles. The van der Waals surface area contributed by atoms with Crippen LogP contribution in [0.15, 0.2) is 34.8 Å². The van der Waals surface area contributed by atoms with Crippen LogP contribution in [-0.2, 0) is 16.1 Å². The summed E-state index contributed by atoms with van der Waals surface area (Å²) in [6.07, 6.45) is 0. The molecule has 0 saturated heterocycles. The molecule has 6 heteroatoms. The van der Waals surface area contributed by atoms with Crippen molar-refractivity contribution < 1.29 is 23.7 Å². The maximum absolute atomic E-state index is 12.4. The molecule has 0 aliphatic heterocycles. The average molecular weight is 409 g/mol. The van der Waals surface area contributed by atoms with E-state index < -0.39 is 5.97 Å². The molecule has 2 aromatic rings. The minimum Gasteiger partial charge on any atom is -0.495 e. The monoisotopic (exact) mass is 408 g/mol. The van der Waals surface area contributed by atoms with Crippen molar-refractivity contribution in [2.24, 2.45) is 0 Å². The Morgan fingerprint density at radius 2 is 1.72 bits per heavy atom. The summed E-state index contributed by atoms with van der Waals surface area (Å²) in [6, 6.07) is 9.86. The molecule has 0 heterocycles. The van der Waals surface area contributed by atoms with Crippen LogP contribution in [0, 0.1) is 13.8 Å². The molecule has 2 rings (SSSR count). The summed E-state index contributed by atoms with van der Waals surface area (Å²) in [6.45, 7) is 3.95. The van der Waals surface area contributed by atoms with Crippen molar-refractivity contribution in [3.8, 4) is 11.5 Å².